The number of carboxylic acid groups (broad SMARTS) is 1. The summed E-state index contributed by atoms with van der Waals surface area (Å²) >= 11 is 1.51. The topological polar surface area (TPSA) is 79.3 Å². The van der Waals surface area contributed by atoms with E-state index in [9.17, 15) is 14.7 Å². The molecule has 6 heteroatoms. The van der Waals surface area contributed by atoms with Gasteiger partial charge in [0.15, 0.2) is 0 Å². The van der Waals surface area contributed by atoms with Gasteiger partial charge >= 0.3 is 5.97 Å². The summed E-state index contributed by atoms with van der Waals surface area (Å²) in [6.45, 7) is 0. The van der Waals surface area contributed by atoms with E-state index in [1.54, 1.807) is 5.51 Å². The molecule has 2 N–H and O–H groups in total. The van der Waals surface area contributed by atoms with Gasteiger partial charge in [-0.2, -0.15) is 0 Å². The van der Waals surface area contributed by atoms with E-state index in [4.69, 9.17) is 0 Å². The number of aliphatic carboxylic acids is 1. The van der Waals surface area contributed by atoms with E-state index < -0.39 is 11.9 Å². The molecule has 1 aliphatic rings. The first-order chi connectivity index (χ1) is 9.66. The number of aryl methyl sites for hydroxylation is 1. The van der Waals surface area contributed by atoms with Gasteiger partial charge in [0.2, 0.25) is 5.91 Å². The Morgan fingerprint density at radius 2 is 2.15 bits per heavy atom. The maximum atomic E-state index is 12.0. The van der Waals surface area contributed by atoms with Crippen LogP contribution < -0.4 is 5.32 Å². The van der Waals surface area contributed by atoms with E-state index in [0.717, 1.165) is 31.4 Å². The fourth-order valence-electron chi connectivity index (χ4n) is 2.66. The number of amides is 1. The van der Waals surface area contributed by atoms with Crippen LogP contribution in [0.2, 0.25) is 0 Å². The molecule has 1 aromatic heterocycles. The number of carbonyl (C=O) groups excluding carboxylic acids is 1. The Hall–Kier alpha value is -1.43. The van der Waals surface area contributed by atoms with Crippen LogP contribution in [0.3, 0.4) is 0 Å². The van der Waals surface area contributed by atoms with Crippen LogP contribution in [0.25, 0.3) is 0 Å². The SMILES string of the molecule is O=C(CCc1cscn1)N[C@H]1CCCCC[C@H]1C(=O)O. The Morgan fingerprint density at radius 3 is 2.85 bits per heavy atom. The summed E-state index contributed by atoms with van der Waals surface area (Å²) in [4.78, 5) is 27.4. The number of hydrogen-bond acceptors (Lipinski definition) is 4. The Balaban J connectivity index is 1.85. The van der Waals surface area contributed by atoms with Crippen LogP contribution in [-0.4, -0.2) is 28.0 Å². The molecule has 0 saturated heterocycles. The van der Waals surface area contributed by atoms with Gasteiger partial charge in [0, 0.05) is 17.8 Å². The maximum Gasteiger partial charge on any atom is 0.308 e. The highest BCUT2D eigenvalue weighted by molar-refractivity contribution is 7.07. The molecule has 5 nitrogen and oxygen atoms in total. The summed E-state index contributed by atoms with van der Waals surface area (Å²) in [6, 6.07) is -0.224. The molecular formula is C14H20N2O3S. The predicted octanol–water partition coefficient (Wildman–Crippen LogP) is 2.23. The molecule has 0 aliphatic heterocycles. The first-order valence-electron chi connectivity index (χ1n) is 7.06. The first-order valence-corrected chi connectivity index (χ1v) is 8.00. The van der Waals surface area contributed by atoms with E-state index in [1.807, 2.05) is 5.38 Å². The number of hydrogen-bond donors (Lipinski definition) is 2. The van der Waals surface area contributed by atoms with Crippen molar-refractivity contribution in [2.75, 3.05) is 0 Å². The van der Waals surface area contributed by atoms with E-state index in [-0.39, 0.29) is 11.9 Å². The minimum atomic E-state index is -0.795. The second kappa shape index (κ2) is 7.38. The minimum Gasteiger partial charge on any atom is -0.481 e. The lowest BCUT2D eigenvalue weighted by atomic mass is 9.94. The van der Waals surface area contributed by atoms with Crippen LogP contribution in [0, 0.1) is 5.92 Å². The highest BCUT2D eigenvalue weighted by atomic mass is 32.1. The van der Waals surface area contributed by atoms with Gasteiger partial charge < -0.3 is 10.4 Å². The van der Waals surface area contributed by atoms with Crippen molar-refractivity contribution in [2.24, 2.45) is 5.92 Å². The smallest absolute Gasteiger partial charge is 0.308 e. The highest BCUT2D eigenvalue weighted by Gasteiger charge is 2.30. The van der Waals surface area contributed by atoms with Crippen LogP contribution >= 0.6 is 11.3 Å². The predicted molar refractivity (Wildman–Crippen MR) is 76.6 cm³/mol. The summed E-state index contributed by atoms with van der Waals surface area (Å²) in [5.41, 5.74) is 2.67. The zero-order chi connectivity index (χ0) is 14.4. The van der Waals surface area contributed by atoms with Crippen molar-refractivity contribution in [1.82, 2.24) is 10.3 Å². The number of carbonyl (C=O) groups is 2. The Labute approximate surface area is 122 Å². The molecule has 1 aliphatic carbocycles. The molecule has 1 heterocycles. The van der Waals surface area contributed by atoms with E-state index in [1.165, 1.54) is 11.3 Å². The molecule has 0 spiro atoms. The second-order valence-electron chi connectivity index (χ2n) is 5.24. The molecule has 1 aromatic rings. The van der Waals surface area contributed by atoms with Gasteiger partial charge in [0.25, 0.3) is 0 Å². The zero-order valence-corrected chi connectivity index (χ0v) is 12.2. The molecule has 0 unspecified atom stereocenters. The highest BCUT2D eigenvalue weighted by Crippen LogP contribution is 2.24. The fourth-order valence-corrected chi connectivity index (χ4v) is 3.25. The van der Waals surface area contributed by atoms with Crippen molar-refractivity contribution in [3.8, 4) is 0 Å². The number of carboxylic acids is 1. The summed E-state index contributed by atoms with van der Waals surface area (Å²) in [6.07, 6.45) is 5.37. The molecule has 110 valence electrons. The molecular weight excluding hydrogens is 276 g/mol. The van der Waals surface area contributed by atoms with Crippen LogP contribution in [0.4, 0.5) is 0 Å². The lowest BCUT2D eigenvalue weighted by Gasteiger charge is -2.22. The lowest BCUT2D eigenvalue weighted by molar-refractivity contribution is -0.143. The minimum absolute atomic E-state index is 0.0730. The number of aromatic nitrogens is 1. The summed E-state index contributed by atoms with van der Waals surface area (Å²) in [5.74, 6) is -1.31. The molecule has 20 heavy (non-hydrogen) atoms. The Bertz CT molecular complexity index is 447. The van der Waals surface area contributed by atoms with E-state index >= 15 is 0 Å². The van der Waals surface area contributed by atoms with Gasteiger partial charge in [0.05, 0.1) is 17.1 Å². The Kier molecular flexibility index (Phi) is 5.52. The van der Waals surface area contributed by atoms with Crippen molar-refractivity contribution in [3.05, 3.63) is 16.6 Å². The quantitative estimate of drug-likeness (QED) is 0.817. The normalized spacial score (nSPS) is 23.0. The van der Waals surface area contributed by atoms with E-state index in [0.29, 0.717) is 19.3 Å². The zero-order valence-electron chi connectivity index (χ0n) is 11.4. The van der Waals surface area contributed by atoms with Crippen molar-refractivity contribution < 1.29 is 14.7 Å². The van der Waals surface area contributed by atoms with Gasteiger partial charge in [-0.15, -0.1) is 11.3 Å². The average molecular weight is 296 g/mol. The fraction of sp³-hybridized carbons (Fsp3) is 0.643. The molecule has 1 saturated carbocycles. The molecule has 0 radical (unpaired) electrons. The molecule has 0 bridgehead atoms. The van der Waals surface area contributed by atoms with Gasteiger partial charge in [-0.3, -0.25) is 9.59 Å². The van der Waals surface area contributed by atoms with Crippen LogP contribution in [0.15, 0.2) is 10.9 Å². The molecule has 0 aromatic carbocycles. The summed E-state index contributed by atoms with van der Waals surface area (Å²) in [7, 11) is 0. The first kappa shape index (κ1) is 15.0. The van der Waals surface area contributed by atoms with E-state index in [2.05, 4.69) is 10.3 Å². The van der Waals surface area contributed by atoms with Gasteiger partial charge in [-0.05, 0) is 19.3 Å². The van der Waals surface area contributed by atoms with Gasteiger partial charge in [-0.1, -0.05) is 19.3 Å². The summed E-state index contributed by atoms with van der Waals surface area (Å²) in [5, 5.41) is 14.1. The third-order valence-corrected chi connectivity index (χ3v) is 4.41. The van der Waals surface area contributed by atoms with Crippen molar-refractivity contribution in [2.45, 2.75) is 51.0 Å². The second-order valence-corrected chi connectivity index (χ2v) is 5.96. The molecule has 2 atom stereocenters. The number of thiazole rings is 1. The number of nitrogens with one attached hydrogen (secondary N) is 1. The van der Waals surface area contributed by atoms with Crippen LogP contribution in [0.5, 0.6) is 0 Å². The monoisotopic (exact) mass is 296 g/mol. The van der Waals surface area contributed by atoms with Crippen LogP contribution in [-0.2, 0) is 16.0 Å². The van der Waals surface area contributed by atoms with Crippen molar-refractivity contribution in [3.63, 3.8) is 0 Å². The molecule has 1 fully saturated rings. The van der Waals surface area contributed by atoms with Crippen molar-refractivity contribution in [1.29, 1.82) is 0 Å². The standard InChI is InChI=1S/C14H20N2O3S/c17-13(7-6-10-8-20-9-15-10)16-12-5-3-1-2-4-11(12)14(18)19/h8-9,11-12H,1-7H2,(H,16,17)(H,18,19)/t11-,12+/m1/s1. The third-order valence-electron chi connectivity index (χ3n) is 3.77. The number of nitrogens with zero attached hydrogens (tertiary/aromatic N) is 1. The number of rotatable bonds is 5. The lowest BCUT2D eigenvalue weighted by Crippen LogP contribution is -2.42. The molecule has 2 rings (SSSR count). The van der Waals surface area contributed by atoms with Gasteiger partial charge in [0.1, 0.15) is 0 Å². The summed E-state index contributed by atoms with van der Waals surface area (Å²) < 4.78 is 0. The van der Waals surface area contributed by atoms with Gasteiger partial charge in [-0.25, -0.2) is 4.98 Å². The largest absolute Gasteiger partial charge is 0.481 e. The third kappa shape index (κ3) is 4.30. The van der Waals surface area contributed by atoms with Crippen LogP contribution in [0.1, 0.15) is 44.2 Å². The maximum absolute atomic E-state index is 12.0. The Morgan fingerprint density at radius 1 is 1.35 bits per heavy atom. The molecule has 1 amide bonds. The van der Waals surface area contributed by atoms with Crippen molar-refractivity contribution >= 4 is 23.2 Å². The average Bonchev–Trinajstić information content (AvgIpc) is 2.82.